The number of rotatable bonds is 3. The molecule has 4 nitrogen and oxygen atoms in total. The van der Waals surface area contributed by atoms with Crippen molar-refractivity contribution in [2.45, 2.75) is 0 Å². The second kappa shape index (κ2) is 11.0. The summed E-state index contributed by atoms with van der Waals surface area (Å²) in [5.74, 6) is 0.660. The number of hydrogen-bond donors (Lipinski definition) is 0. The molecule has 0 fully saturated rings. The summed E-state index contributed by atoms with van der Waals surface area (Å²) in [5, 5.41) is 13.3. The van der Waals surface area contributed by atoms with E-state index in [1.54, 1.807) is 0 Å². The highest BCUT2D eigenvalue weighted by Gasteiger charge is 2.24. The first kappa shape index (κ1) is 29.8. The predicted molar refractivity (Wildman–Crippen MR) is 234 cm³/mol. The van der Waals surface area contributed by atoms with Gasteiger partial charge in [-0.1, -0.05) is 152 Å². The molecule has 0 radical (unpaired) electrons. The molecule has 0 unspecified atom stereocenters. The summed E-state index contributed by atoms with van der Waals surface area (Å²) in [6, 6.07) is 65.8. The summed E-state index contributed by atoms with van der Waals surface area (Å²) in [6.45, 7) is 0. The maximum absolute atomic E-state index is 5.53. The third kappa shape index (κ3) is 3.92. The standard InChI is InChI=1S/C52H30N4/c1-2-11-31(12-3-1)32-23-25-35(26-24-32)49-41-29-27-34-14-5-7-16-37(34)50(41)54-52(53-49)56-42-20-9-17-38-39-18-8-19-40-46-36-15-6-4-13-33(36)28-30-45(46)55(51(39)40)43-21-10-22-44(56)48(43)47(38)42/h1-30H. The lowest BCUT2D eigenvalue weighted by Gasteiger charge is -2.14. The number of hydrogen-bond acceptors (Lipinski definition) is 2. The monoisotopic (exact) mass is 710 g/mol. The van der Waals surface area contributed by atoms with Crippen molar-refractivity contribution in [3.63, 3.8) is 0 Å². The van der Waals surface area contributed by atoms with Gasteiger partial charge in [0.25, 0.3) is 0 Å². The van der Waals surface area contributed by atoms with Crippen LogP contribution >= 0.6 is 0 Å². The smallest absolute Gasteiger partial charge is 0.235 e. The minimum atomic E-state index is 0.660. The molecule has 0 amide bonds. The second-order valence-corrected chi connectivity index (χ2v) is 14.9. The van der Waals surface area contributed by atoms with Gasteiger partial charge in [0.1, 0.15) is 0 Å². The lowest BCUT2D eigenvalue weighted by molar-refractivity contribution is 1.02. The van der Waals surface area contributed by atoms with Crippen LogP contribution in [0.15, 0.2) is 182 Å². The Bertz CT molecular complexity index is 3740. The quantitative estimate of drug-likeness (QED) is 0.171. The maximum Gasteiger partial charge on any atom is 0.235 e. The number of fused-ring (bicyclic) bond motifs is 10. The van der Waals surface area contributed by atoms with E-state index in [9.17, 15) is 0 Å². The average Bonchev–Trinajstić information content (AvgIpc) is 3.76. The maximum atomic E-state index is 5.53. The molecule has 13 aromatic rings. The Balaban J connectivity index is 1.17. The van der Waals surface area contributed by atoms with Gasteiger partial charge in [0.2, 0.25) is 5.95 Å². The Hall–Kier alpha value is -7.56. The fourth-order valence-electron chi connectivity index (χ4n) is 9.64. The van der Waals surface area contributed by atoms with E-state index in [1.165, 1.54) is 70.8 Å². The van der Waals surface area contributed by atoms with Crippen LogP contribution < -0.4 is 0 Å². The predicted octanol–water partition coefficient (Wildman–Crippen LogP) is 13.5. The van der Waals surface area contributed by atoms with E-state index < -0.39 is 0 Å². The van der Waals surface area contributed by atoms with E-state index in [2.05, 4.69) is 191 Å². The van der Waals surface area contributed by atoms with Crippen molar-refractivity contribution in [2.24, 2.45) is 0 Å². The van der Waals surface area contributed by atoms with Gasteiger partial charge in [0.15, 0.2) is 0 Å². The summed E-state index contributed by atoms with van der Waals surface area (Å²) in [7, 11) is 0. The van der Waals surface area contributed by atoms with E-state index in [-0.39, 0.29) is 0 Å². The first-order valence-electron chi connectivity index (χ1n) is 19.2. The Morgan fingerprint density at radius 2 is 0.911 bits per heavy atom. The van der Waals surface area contributed by atoms with E-state index in [4.69, 9.17) is 9.97 Å². The number of para-hydroxylation sites is 1. The minimum absolute atomic E-state index is 0.660. The molecule has 0 atom stereocenters. The van der Waals surface area contributed by atoms with Crippen LogP contribution in [0, 0.1) is 0 Å². The molecule has 4 heterocycles. The highest BCUT2D eigenvalue weighted by molar-refractivity contribution is 6.33. The molecule has 0 aliphatic heterocycles. The van der Waals surface area contributed by atoms with Crippen LogP contribution in [0.25, 0.3) is 121 Å². The molecule has 4 aromatic heterocycles. The Labute approximate surface area is 320 Å². The highest BCUT2D eigenvalue weighted by atomic mass is 15.2. The summed E-state index contributed by atoms with van der Waals surface area (Å²) in [6.07, 6.45) is 0. The molecule has 0 saturated heterocycles. The zero-order valence-electron chi connectivity index (χ0n) is 30.1. The molecule has 9 aromatic carbocycles. The van der Waals surface area contributed by atoms with E-state index in [0.29, 0.717) is 5.95 Å². The molecular formula is C52H30N4. The zero-order valence-corrected chi connectivity index (χ0v) is 30.1. The van der Waals surface area contributed by atoms with Crippen molar-refractivity contribution in [1.82, 2.24) is 18.9 Å². The van der Waals surface area contributed by atoms with Crippen molar-refractivity contribution in [3.05, 3.63) is 182 Å². The number of benzene rings is 9. The van der Waals surface area contributed by atoms with Gasteiger partial charge in [0, 0.05) is 43.3 Å². The van der Waals surface area contributed by atoms with Crippen LogP contribution in [0.3, 0.4) is 0 Å². The van der Waals surface area contributed by atoms with Gasteiger partial charge < -0.3 is 4.40 Å². The first-order chi connectivity index (χ1) is 27.8. The first-order valence-corrected chi connectivity index (χ1v) is 19.2. The van der Waals surface area contributed by atoms with Crippen LogP contribution in [0.2, 0.25) is 0 Å². The molecule has 0 aliphatic rings. The third-order valence-electron chi connectivity index (χ3n) is 12.0. The van der Waals surface area contributed by atoms with Crippen LogP contribution in [-0.2, 0) is 0 Å². The van der Waals surface area contributed by atoms with Gasteiger partial charge in [0.05, 0.1) is 38.8 Å². The second-order valence-electron chi connectivity index (χ2n) is 14.9. The Morgan fingerprint density at radius 3 is 1.77 bits per heavy atom. The van der Waals surface area contributed by atoms with Crippen molar-refractivity contribution >= 4 is 92.3 Å². The summed E-state index contributed by atoms with van der Waals surface area (Å²) < 4.78 is 4.81. The molecule has 4 heteroatoms. The van der Waals surface area contributed by atoms with Crippen LogP contribution in [0.4, 0.5) is 0 Å². The normalized spacial score (nSPS) is 12.3. The van der Waals surface area contributed by atoms with Gasteiger partial charge in [-0.05, 0) is 63.0 Å². The van der Waals surface area contributed by atoms with E-state index in [0.717, 1.165) is 44.0 Å². The molecule has 0 spiro atoms. The fourth-order valence-corrected chi connectivity index (χ4v) is 9.64. The lowest BCUT2D eigenvalue weighted by atomic mass is 9.99. The SMILES string of the molecule is c1ccc(-c2ccc(-c3nc(-n4c5cccc6c7cccc8c9c%10ccccc%10ccc9n(c9cccc4c9c65)c78)nc4c3ccc3ccccc34)cc2)cc1. The van der Waals surface area contributed by atoms with E-state index in [1.807, 2.05) is 0 Å². The molecule has 13 rings (SSSR count). The Kier molecular flexibility index (Phi) is 5.86. The minimum Gasteiger partial charge on any atom is -0.308 e. The van der Waals surface area contributed by atoms with E-state index >= 15 is 0 Å². The number of aromatic nitrogens is 4. The molecule has 258 valence electrons. The molecule has 0 saturated carbocycles. The molecule has 0 N–H and O–H groups in total. The Morgan fingerprint density at radius 1 is 0.321 bits per heavy atom. The summed E-state index contributed by atoms with van der Waals surface area (Å²) in [4.78, 5) is 11.0. The lowest BCUT2D eigenvalue weighted by Crippen LogP contribution is -2.04. The van der Waals surface area contributed by atoms with Gasteiger partial charge in [-0.2, -0.15) is 0 Å². The zero-order chi connectivity index (χ0) is 36.5. The van der Waals surface area contributed by atoms with Crippen LogP contribution in [-0.4, -0.2) is 18.9 Å². The largest absolute Gasteiger partial charge is 0.308 e. The van der Waals surface area contributed by atoms with Crippen LogP contribution in [0.5, 0.6) is 0 Å². The van der Waals surface area contributed by atoms with Gasteiger partial charge in [-0.25, -0.2) is 9.97 Å². The van der Waals surface area contributed by atoms with Crippen molar-refractivity contribution in [2.75, 3.05) is 0 Å². The molecular weight excluding hydrogens is 681 g/mol. The van der Waals surface area contributed by atoms with Crippen molar-refractivity contribution in [3.8, 4) is 28.3 Å². The van der Waals surface area contributed by atoms with Gasteiger partial charge >= 0.3 is 0 Å². The third-order valence-corrected chi connectivity index (χ3v) is 12.0. The van der Waals surface area contributed by atoms with Crippen LogP contribution in [0.1, 0.15) is 0 Å². The van der Waals surface area contributed by atoms with Gasteiger partial charge in [-0.3, -0.25) is 4.57 Å². The molecule has 56 heavy (non-hydrogen) atoms. The fraction of sp³-hybridized carbons (Fsp3) is 0. The molecule has 0 bridgehead atoms. The summed E-state index contributed by atoms with van der Waals surface area (Å²) >= 11 is 0. The topological polar surface area (TPSA) is 35.1 Å². The van der Waals surface area contributed by atoms with Crippen molar-refractivity contribution < 1.29 is 0 Å². The molecule has 0 aliphatic carbocycles. The van der Waals surface area contributed by atoms with Crippen molar-refractivity contribution in [1.29, 1.82) is 0 Å². The number of nitrogens with zero attached hydrogens (tertiary/aromatic N) is 4. The highest BCUT2D eigenvalue weighted by Crippen LogP contribution is 2.45. The van der Waals surface area contributed by atoms with Gasteiger partial charge in [-0.15, -0.1) is 0 Å². The average molecular weight is 711 g/mol. The summed E-state index contributed by atoms with van der Waals surface area (Å²) in [5.41, 5.74) is 11.1.